The third kappa shape index (κ3) is 1.81. The lowest BCUT2D eigenvalue weighted by Crippen LogP contribution is -2.34. The molecule has 3 unspecified atom stereocenters. The van der Waals surface area contributed by atoms with Crippen LogP contribution in [-0.2, 0) is 9.53 Å². The van der Waals surface area contributed by atoms with Crippen molar-refractivity contribution in [3.05, 3.63) is 33.1 Å². The minimum atomic E-state index is -1.45. The van der Waals surface area contributed by atoms with E-state index < -0.39 is 29.8 Å². The molecule has 0 aliphatic carbocycles. The molecular formula is C9H9FN2O4. The van der Waals surface area contributed by atoms with Crippen LogP contribution in [0.5, 0.6) is 0 Å². The van der Waals surface area contributed by atoms with Crippen LogP contribution in [-0.4, -0.2) is 28.1 Å². The highest BCUT2D eigenvalue weighted by atomic mass is 19.1. The normalized spacial score (nSPS) is 29.2. The summed E-state index contributed by atoms with van der Waals surface area (Å²) in [7, 11) is 0. The lowest BCUT2D eigenvalue weighted by Gasteiger charge is -2.14. The smallest absolute Gasteiger partial charge is 0.330 e. The lowest BCUT2D eigenvalue weighted by atomic mass is 10.2. The summed E-state index contributed by atoms with van der Waals surface area (Å²) in [6.45, 7) is 0. The summed E-state index contributed by atoms with van der Waals surface area (Å²) in [5.41, 5.74) is -1.33. The zero-order chi connectivity index (χ0) is 11.7. The Morgan fingerprint density at radius 3 is 2.88 bits per heavy atom. The largest absolute Gasteiger partial charge is 0.344 e. The van der Waals surface area contributed by atoms with Crippen LogP contribution in [0.3, 0.4) is 0 Å². The quantitative estimate of drug-likeness (QED) is 0.683. The maximum absolute atomic E-state index is 13.5. The van der Waals surface area contributed by atoms with Gasteiger partial charge in [0.15, 0.2) is 6.23 Å². The molecular weight excluding hydrogens is 219 g/mol. The summed E-state index contributed by atoms with van der Waals surface area (Å²) in [5, 5.41) is 0. The molecule has 0 saturated carbocycles. The molecule has 1 aliphatic heterocycles. The standard InChI is InChI=1S/C9H9FN2O4/c10-6-3-5(4-13)16-8(6)12-2-1-7(14)11-9(12)15/h1-2,4-6,8H,3H2,(H,11,14,15). The van der Waals surface area contributed by atoms with Crippen LogP contribution in [0, 0.1) is 0 Å². The molecule has 0 bridgehead atoms. The number of H-pyrrole nitrogens is 1. The molecule has 0 aromatic carbocycles. The van der Waals surface area contributed by atoms with Crippen LogP contribution < -0.4 is 11.2 Å². The van der Waals surface area contributed by atoms with Gasteiger partial charge in [-0.3, -0.25) is 14.3 Å². The van der Waals surface area contributed by atoms with E-state index in [0.29, 0.717) is 6.29 Å². The molecule has 0 spiro atoms. The van der Waals surface area contributed by atoms with Crippen LogP contribution in [0.1, 0.15) is 12.6 Å². The number of halogens is 1. The van der Waals surface area contributed by atoms with Gasteiger partial charge in [-0.05, 0) is 0 Å². The monoisotopic (exact) mass is 228 g/mol. The van der Waals surface area contributed by atoms with Gasteiger partial charge in [0, 0.05) is 18.7 Å². The van der Waals surface area contributed by atoms with Crippen LogP contribution in [0.25, 0.3) is 0 Å². The van der Waals surface area contributed by atoms with Gasteiger partial charge in [0.2, 0.25) is 0 Å². The number of aromatic amines is 1. The predicted octanol–water partition coefficient (Wildman–Crippen LogP) is -0.639. The van der Waals surface area contributed by atoms with Gasteiger partial charge in [-0.2, -0.15) is 0 Å². The Morgan fingerprint density at radius 2 is 2.31 bits per heavy atom. The molecule has 86 valence electrons. The summed E-state index contributed by atoms with van der Waals surface area (Å²) < 4.78 is 19.4. The van der Waals surface area contributed by atoms with E-state index in [1.165, 1.54) is 0 Å². The highest BCUT2D eigenvalue weighted by molar-refractivity contribution is 5.56. The number of carbonyl (C=O) groups excluding carboxylic acids is 1. The highest BCUT2D eigenvalue weighted by Crippen LogP contribution is 2.28. The Bertz CT molecular complexity index is 509. The van der Waals surface area contributed by atoms with E-state index in [0.717, 1.165) is 16.8 Å². The average molecular weight is 228 g/mol. The van der Waals surface area contributed by atoms with Gasteiger partial charge in [0.25, 0.3) is 5.56 Å². The molecule has 0 amide bonds. The maximum atomic E-state index is 13.5. The van der Waals surface area contributed by atoms with Crippen molar-refractivity contribution in [3.63, 3.8) is 0 Å². The summed E-state index contributed by atoms with van der Waals surface area (Å²) in [5.74, 6) is 0. The molecule has 1 saturated heterocycles. The molecule has 7 heteroatoms. The second kappa shape index (κ2) is 4.01. The Balaban J connectivity index is 2.35. The van der Waals surface area contributed by atoms with Crippen molar-refractivity contribution >= 4 is 6.29 Å². The summed E-state index contributed by atoms with van der Waals surface area (Å²) in [4.78, 5) is 34.6. The van der Waals surface area contributed by atoms with E-state index in [4.69, 9.17) is 4.74 Å². The van der Waals surface area contributed by atoms with Crippen LogP contribution in [0.4, 0.5) is 4.39 Å². The number of nitrogens with one attached hydrogen (secondary N) is 1. The van der Waals surface area contributed by atoms with Crippen molar-refractivity contribution < 1.29 is 13.9 Å². The van der Waals surface area contributed by atoms with Crippen LogP contribution >= 0.6 is 0 Å². The Hall–Kier alpha value is -1.76. The number of aromatic nitrogens is 2. The number of hydrogen-bond acceptors (Lipinski definition) is 4. The fourth-order valence-corrected chi connectivity index (χ4v) is 1.61. The molecule has 16 heavy (non-hydrogen) atoms. The second-order valence-corrected chi connectivity index (χ2v) is 3.47. The average Bonchev–Trinajstić information content (AvgIpc) is 2.60. The van der Waals surface area contributed by atoms with E-state index in [1.54, 1.807) is 0 Å². The van der Waals surface area contributed by atoms with Crippen LogP contribution in [0.2, 0.25) is 0 Å². The van der Waals surface area contributed by atoms with Gasteiger partial charge < -0.3 is 9.53 Å². The first-order valence-corrected chi connectivity index (χ1v) is 4.68. The molecule has 2 rings (SSSR count). The van der Waals surface area contributed by atoms with Gasteiger partial charge in [-0.25, -0.2) is 9.18 Å². The van der Waals surface area contributed by atoms with Gasteiger partial charge in [-0.1, -0.05) is 0 Å². The number of carbonyl (C=O) groups is 1. The zero-order valence-electron chi connectivity index (χ0n) is 8.13. The van der Waals surface area contributed by atoms with Crippen molar-refractivity contribution in [2.24, 2.45) is 0 Å². The minimum absolute atomic E-state index is 0.0836. The van der Waals surface area contributed by atoms with Gasteiger partial charge in [0.05, 0.1) is 0 Å². The van der Waals surface area contributed by atoms with Crippen molar-refractivity contribution in [2.75, 3.05) is 0 Å². The molecule has 2 heterocycles. The number of nitrogens with zero attached hydrogens (tertiary/aromatic N) is 1. The van der Waals surface area contributed by atoms with Crippen molar-refractivity contribution in [1.29, 1.82) is 0 Å². The zero-order valence-corrected chi connectivity index (χ0v) is 8.13. The predicted molar refractivity (Wildman–Crippen MR) is 50.8 cm³/mol. The van der Waals surface area contributed by atoms with Crippen molar-refractivity contribution in [2.45, 2.75) is 24.9 Å². The molecule has 1 fully saturated rings. The van der Waals surface area contributed by atoms with E-state index in [-0.39, 0.29) is 6.42 Å². The minimum Gasteiger partial charge on any atom is -0.344 e. The van der Waals surface area contributed by atoms with E-state index in [2.05, 4.69) is 0 Å². The Kier molecular flexibility index (Phi) is 2.69. The van der Waals surface area contributed by atoms with E-state index in [9.17, 15) is 18.8 Å². The van der Waals surface area contributed by atoms with Crippen LogP contribution in [0.15, 0.2) is 21.9 Å². The second-order valence-electron chi connectivity index (χ2n) is 3.47. The first-order chi connectivity index (χ1) is 7.61. The fraction of sp³-hybridized carbons (Fsp3) is 0.444. The fourth-order valence-electron chi connectivity index (χ4n) is 1.61. The van der Waals surface area contributed by atoms with Gasteiger partial charge in [-0.15, -0.1) is 0 Å². The number of aldehydes is 1. The van der Waals surface area contributed by atoms with E-state index in [1.807, 2.05) is 4.98 Å². The van der Waals surface area contributed by atoms with Gasteiger partial charge in [0.1, 0.15) is 18.6 Å². The Labute approximate surface area is 88.7 Å². The number of alkyl halides is 1. The third-order valence-electron chi connectivity index (χ3n) is 2.36. The number of rotatable bonds is 2. The third-order valence-corrected chi connectivity index (χ3v) is 2.36. The number of ether oxygens (including phenoxy) is 1. The maximum Gasteiger partial charge on any atom is 0.330 e. The molecule has 1 aromatic rings. The van der Waals surface area contributed by atoms with Crippen molar-refractivity contribution in [3.8, 4) is 0 Å². The first kappa shape index (κ1) is 10.7. The molecule has 6 nitrogen and oxygen atoms in total. The summed E-state index contributed by atoms with van der Waals surface area (Å²) in [6.07, 6.45) is -1.90. The highest BCUT2D eigenvalue weighted by Gasteiger charge is 2.36. The molecule has 0 radical (unpaired) electrons. The van der Waals surface area contributed by atoms with Gasteiger partial charge >= 0.3 is 5.69 Å². The molecule has 1 aromatic heterocycles. The lowest BCUT2D eigenvalue weighted by molar-refractivity contribution is -0.119. The molecule has 3 atom stereocenters. The SMILES string of the molecule is O=CC1CC(F)C(n2ccc(=O)[nH]c2=O)O1. The Morgan fingerprint density at radius 1 is 1.56 bits per heavy atom. The number of hydrogen-bond donors (Lipinski definition) is 1. The topological polar surface area (TPSA) is 81.2 Å². The van der Waals surface area contributed by atoms with Crippen molar-refractivity contribution in [1.82, 2.24) is 9.55 Å². The summed E-state index contributed by atoms with van der Waals surface area (Å²) >= 11 is 0. The van der Waals surface area contributed by atoms with E-state index >= 15 is 0 Å². The molecule has 1 aliphatic rings. The molecule has 1 N–H and O–H groups in total. The first-order valence-electron chi connectivity index (χ1n) is 4.68. The summed E-state index contributed by atoms with van der Waals surface area (Å²) in [6, 6.07) is 1.09.